The quantitative estimate of drug-likeness (QED) is 0.0444. The molecular weight excluding hydrogens is 668 g/mol. The minimum atomic E-state index is -0.136. The van der Waals surface area contributed by atoms with Gasteiger partial charge in [-0.05, 0) is 12.8 Å². The van der Waals surface area contributed by atoms with E-state index in [-0.39, 0.29) is 5.97 Å². The van der Waals surface area contributed by atoms with Crippen LogP contribution in [0.4, 0.5) is 0 Å². The van der Waals surface area contributed by atoms with Gasteiger partial charge in [-0.15, -0.1) is 0 Å². The molecular formula is C41H82O11. The lowest BCUT2D eigenvalue weighted by Crippen LogP contribution is -2.15. The Morgan fingerprint density at radius 3 is 0.808 bits per heavy atom. The van der Waals surface area contributed by atoms with Crippen LogP contribution in [0.5, 0.6) is 0 Å². The summed E-state index contributed by atoms with van der Waals surface area (Å²) in [5, 5.41) is 0. The Morgan fingerprint density at radius 1 is 0.269 bits per heavy atom. The van der Waals surface area contributed by atoms with Gasteiger partial charge in [0, 0.05) is 13.0 Å². The predicted molar refractivity (Wildman–Crippen MR) is 207 cm³/mol. The van der Waals surface area contributed by atoms with Crippen LogP contribution >= 0.6 is 0 Å². The molecule has 0 aliphatic carbocycles. The Balaban J connectivity index is 3.09. The Bertz CT molecular complexity index is 656. The molecule has 0 spiro atoms. The first kappa shape index (κ1) is 51.1. The highest BCUT2D eigenvalue weighted by Gasteiger charge is 2.03. The van der Waals surface area contributed by atoms with Crippen molar-refractivity contribution in [3.63, 3.8) is 0 Å². The Hall–Kier alpha value is -0.890. The van der Waals surface area contributed by atoms with E-state index in [2.05, 4.69) is 13.8 Å². The van der Waals surface area contributed by atoms with Crippen LogP contribution in [0, 0.1) is 0 Å². The lowest BCUT2D eigenvalue weighted by Gasteiger charge is -2.09. The summed E-state index contributed by atoms with van der Waals surface area (Å²) in [5.74, 6) is -0.136. The van der Waals surface area contributed by atoms with Gasteiger partial charge in [-0.25, -0.2) is 0 Å². The van der Waals surface area contributed by atoms with Gasteiger partial charge in [0.05, 0.1) is 112 Å². The van der Waals surface area contributed by atoms with Crippen LogP contribution in [-0.4, -0.2) is 132 Å². The predicted octanol–water partition coefficient (Wildman–Crippen LogP) is 8.13. The highest BCUT2D eigenvalue weighted by atomic mass is 16.6. The Kier molecular flexibility index (Phi) is 47.3. The van der Waals surface area contributed by atoms with Crippen molar-refractivity contribution in [3.05, 3.63) is 0 Å². The van der Waals surface area contributed by atoms with Gasteiger partial charge >= 0.3 is 5.97 Å². The van der Waals surface area contributed by atoms with Crippen LogP contribution in [0.15, 0.2) is 0 Å². The summed E-state index contributed by atoms with van der Waals surface area (Å²) >= 11 is 0. The fraction of sp³-hybridized carbons (Fsp3) is 0.976. The highest BCUT2D eigenvalue weighted by Crippen LogP contribution is 2.11. The molecule has 0 heterocycles. The van der Waals surface area contributed by atoms with Crippen LogP contribution in [0.1, 0.15) is 136 Å². The zero-order chi connectivity index (χ0) is 37.5. The van der Waals surface area contributed by atoms with Crippen molar-refractivity contribution in [3.8, 4) is 0 Å². The normalized spacial score (nSPS) is 11.5. The standard InChI is InChI=1S/C41H82O11/c1-3-5-7-9-11-12-13-14-16-18-20-22-43-23-24-44-25-26-45-27-28-46-29-30-47-31-32-48-33-34-49-35-36-50-37-38-51-39-40-52-41(42)21-19-17-15-10-8-6-4-2/h3-40H2,1-2H3. The van der Waals surface area contributed by atoms with Crippen molar-refractivity contribution in [2.45, 2.75) is 136 Å². The molecule has 0 saturated carbocycles. The summed E-state index contributed by atoms with van der Waals surface area (Å²) in [6.07, 6.45) is 23.7. The zero-order valence-electron chi connectivity index (χ0n) is 33.9. The molecule has 0 bridgehead atoms. The first-order valence-electron chi connectivity index (χ1n) is 21.2. The number of hydrogen-bond donors (Lipinski definition) is 0. The molecule has 0 radical (unpaired) electrons. The van der Waals surface area contributed by atoms with E-state index in [4.69, 9.17) is 47.4 Å². The lowest BCUT2D eigenvalue weighted by molar-refractivity contribution is -0.145. The van der Waals surface area contributed by atoms with Gasteiger partial charge in [-0.3, -0.25) is 4.79 Å². The average molecular weight is 751 g/mol. The molecule has 0 aromatic carbocycles. The van der Waals surface area contributed by atoms with E-state index in [0.717, 1.165) is 25.9 Å². The van der Waals surface area contributed by atoms with Crippen LogP contribution in [0.2, 0.25) is 0 Å². The molecule has 52 heavy (non-hydrogen) atoms. The smallest absolute Gasteiger partial charge is 0.305 e. The molecule has 0 unspecified atom stereocenters. The second kappa shape index (κ2) is 48.1. The molecule has 11 heteroatoms. The molecule has 0 atom stereocenters. The van der Waals surface area contributed by atoms with E-state index in [9.17, 15) is 4.79 Å². The number of ether oxygens (including phenoxy) is 10. The first-order valence-corrected chi connectivity index (χ1v) is 21.2. The third kappa shape index (κ3) is 47.1. The van der Waals surface area contributed by atoms with E-state index in [1.165, 1.54) is 96.3 Å². The van der Waals surface area contributed by atoms with Crippen molar-refractivity contribution in [1.29, 1.82) is 0 Å². The van der Waals surface area contributed by atoms with Crippen LogP contribution in [-0.2, 0) is 52.2 Å². The van der Waals surface area contributed by atoms with Crippen LogP contribution in [0.25, 0.3) is 0 Å². The molecule has 0 saturated heterocycles. The molecule has 0 aliphatic rings. The summed E-state index contributed by atoms with van der Waals surface area (Å²) in [6.45, 7) is 14.5. The van der Waals surface area contributed by atoms with Crippen LogP contribution in [0.3, 0.4) is 0 Å². The number of carbonyl (C=O) groups is 1. The van der Waals surface area contributed by atoms with Crippen molar-refractivity contribution >= 4 is 5.97 Å². The van der Waals surface area contributed by atoms with E-state index < -0.39 is 0 Å². The number of esters is 1. The van der Waals surface area contributed by atoms with Crippen LogP contribution < -0.4 is 0 Å². The van der Waals surface area contributed by atoms with Gasteiger partial charge in [-0.1, -0.05) is 117 Å². The fourth-order valence-electron chi connectivity index (χ4n) is 5.24. The Morgan fingerprint density at radius 2 is 0.500 bits per heavy atom. The van der Waals surface area contributed by atoms with Gasteiger partial charge in [0.2, 0.25) is 0 Å². The van der Waals surface area contributed by atoms with E-state index in [1.807, 2.05) is 0 Å². The van der Waals surface area contributed by atoms with Crippen molar-refractivity contribution in [2.24, 2.45) is 0 Å². The molecule has 0 rings (SSSR count). The molecule has 0 amide bonds. The maximum Gasteiger partial charge on any atom is 0.305 e. The van der Waals surface area contributed by atoms with E-state index in [0.29, 0.717) is 125 Å². The molecule has 0 N–H and O–H groups in total. The SMILES string of the molecule is CCCCCCCCCCCCCOCCOCCOCCOCCOCCOCCOCCOCCOCCOC(=O)CCCCCCCCC. The number of rotatable bonds is 47. The summed E-state index contributed by atoms with van der Waals surface area (Å²) in [6, 6.07) is 0. The van der Waals surface area contributed by atoms with Crippen molar-refractivity contribution < 1.29 is 52.2 Å². The number of hydrogen-bond acceptors (Lipinski definition) is 11. The van der Waals surface area contributed by atoms with Gasteiger partial charge in [-0.2, -0.15) is 0 Å². The van der Waals surface area contributed by atoms with E-state index >= 15 is 0 Å². The summed E-state index contributed by atoms with van der Waals surface area (Å²) in [5.41, 5.74) is 0. The topological polar surface area (TPSA) is 109 Å². The summed E-state index contributed by atoms with van der Waals surface area (Å²) in [4.78, 5) is 11.7. The Labute approximate surface area is 319 Å². The molecule has 0 fully saturated rings. The van der Waals surface area contributed by atoms with Gasteiger partial charge in [0.25, 0.3) is 0 Å². The van der Waals surface area contributed by atoms with Crippen molar-refractivity contribution in [1.82, 2.24) is 0 Å². The summed E-state index contributed by atoms with van der Waals surface area (Å²) in [7, 11) is 0. The molecule has 0 aromatic heterocycles. The highest BCUT2D eigenvalue weighted by molar-refractivity contribution is 5.69. The third-order valence-corrected chi connectivity index (χ3v) is 8.34. The van der Waals surface area contributed by atoms with Gasteiger partial charge in [0.15, 0.2) is 0 Å². The number of unbranched alkanes of at least 4 members (excludes halogenated alkanes) is 16. The molecule has 312 valence electrons. The zero-order valence-corrected chi connectivity index (χ0v) is 33.9. The average Bonchev–Trinajstić information content (AvgIpc) is 3.15. The third-order valence-electron chi connectivity index (χ3n) is 8.34. The van der Waals surface area contributed by atoms with Gasteiger partial charge < -0.3 is 47.4 Å². The second-order valence-electron chi connectivity index (χ2n) is 13.1. The van der Waals surface area contributed by atoms with Crippen molar-refractivity contribution in [2.75, 3.05) is 126 Å². The maximum absolute atomic E-state index is 11.7. The number of carbonyl (C=O) groups excluding carboxylic acids is 1. The van der Waals surface area contributed by atoms with E-state index in [1.54, 1.807) is 0 Å². The minimum absolute atomic E-state index is 0.136. The molecule has 0 aromatic rings. The minimum Gasteiger partial charge on any atom is -0.463 e. The summed E-state index contributed by atoms with van der Waals surface area (Å²) < 4.78 is 54.9. The molecule has 0 aliphatic heterocycles. The monoisotopic (exact) mass is 751 g/mol. The fourth-order valence-corrected chi connectivity index (χ4v) is 5.24. The first-order chi connectivity index (χ1) is 25.8. The molecule has 11 nitrogen and oxygen atoms in total. The lowest BCUT2D eigenvalue weighted by atomic mass is 10.1. The second-order valence-corrected chi connectivity index (χ2v) is 13.1. The largest absolute Gasteiger partial charge is 0.463 e. The maximum atomic E-state index is 11.7. The van der Waals surface area contributed by atoms with Gasteiger partial charge in [0.1, 0.15) is 6.61 Å².